The molecule has 4 rings (SSSR count). The van der Waals surface area contributed by atoms with Crippen molar-refractivity contribution in [1.82, 2.24) is 9.88 Å². The van der Waals surface area contributed by atoms with Gasteiger partial charge in [-0.25, -0.2) is 4.98 Å². The van der Waals surface area contributed by atoms with E-state index in [9.17, 15) is 0 Å². The van der Waals surface area contributed by atoms with E-state index in [0.29, 0.717) is 12.6 Å². The molecule has 23 heavy (non-hydrogen) atoms. The highest BCUT2D eigenvalue weighted by Gasteiger charge is 2.37. The molecule has 0 saturated carbocycles. The minimum Gasteiger partial charge on any atom is -0.485 e. The minimum absolute atomic E-state index is 0.350. The molecule has 1 saturated heterocycles. The van der Waals surface area contributed by atoms with Crippen molar-refractivity contribution in [2.24, 2.45) is 4.99 Å². The Kier molecular flexibility index (Phi) is 3.61. The first-order valence-corrected chi connectivity index (χ1v) is 8.03. The highest BCUT2D eigenvalue weighted by atomic mass is 16.5. The van der Waals surface area contributed by atoms with E-state index < -0.39 is 0 Å². The number of aliphatic imine (C=N–C) groups is 1. The SMILES string of the molecule is CC1CN2CCN=C2N1c1ncccc1OCc1ccccc1. The van der Waals surface area contributed by atoms with E-state index in [0.717, 1.165) is 42.7 Å². The second kappa shape index (κ2) is 5.91. The summed E-state index contributed by atoms with van der Waals surface area (Å²) in [5.74, 6) is 2.69. The maximum absolute atomic E-state index is 6.05. The number of aromatic nitrogens is 1. The molecule has 0 N–H and O–H groups in total. The number of fused-ring (bicyclic) bond motifs is 1. The van der Waals surface area contributed by atoms with Crippen molar-refractivity contribution in [2.45, 2.75) is 19.6 Å². The van der Waals surface area contributed by atoms with Crippen LogP contribution in [-0.4, -0.2) is 41.5 Å². The molecule has 2 aromatic rings. The Bertz CT molecular complexity index is 716. The van der Waals surface area contributed by atoms with Crippen LogP contribution in [0.15, 0.2) is 53.7 Å². The molecule has 3 heterocycles. The van der Waals surface area contributed by atoms with E-state index in [1.807, 2.05) is 36.5 Å². The lowest BCUT2D eigenvalue weighted by molar-refractivity contribution is 0.305. The molecule has 0 amide bonds. The minimum atomic E-state index is 0.350. The summed E-state index contributed by atoms with van der Waals surface area (Å²) in [7, 11) is 0. The maximum Gasteiger partial charge on any atom is 0.202 e. The van der Waals surface area contributed by atoms with Crippen LogP contribution in [0.1, 0.15) is 12.5 Å². The smallest absolute Gasteiger partial charge is 0.202 e. The van der Waals surface area contributed by atoms with Crippen LogP contribution in [0.4, 0.5) is 5.82 Å². The molecule has 0 bridgehead atoms. The maximum atomic E-state index is 6.05. The number of ether oxygens (including phenoxy) is 1. The lowest BCUT2D eigenvalue weighted by Crippen LogP contribution is -2.34. The molecule has 1 fully saturated rings. The highest BCUT2D eigenvalue weighted by molar-refractivity contribution is 6.00. The predicted octanol–water partition coefficient (Wildman–Crippen LogP) is 2.54. The molecular weight excluding hydrogens is 288 g/mol. The van der Waals surface area contributed by atoms with Crippen molar-refractivity contribution in [3.05, 3.63) is 54.2 Å². The fraction of sp³-hybridized carbons (Fsp3) is 0.333. The molecule has 1 aromatic heterocycles. The number of anilines is 1. The zero-order chi connectivity index (χ0) is 15.6. The molecule has 2 aliphatic heterocycles. The summed E-state index contributed by atoms with van der Waals surface area (Å²) in [5, 5.41) is 0. The standard InChI is InChI=1S/C18H20N4O/c1-14-12-21-11-10-20-18(21)22(14)17-16(8-5-9-19-17)23-13-15-6-3-2-4-7-15/h2-9,14H,10-13H2,1H3. The Morgan fingerprint density at radius 2 is 2.04 bits per heavy atom. The van der Waals surface area contributed by atoms with E-state index in [1.165, 1.54) is 0 Å². The van der Waals surface area contributed by atoms with Crippen molar-refractivity contribution < 1.29 is 4.74 Å². The fourth-order valence-corrected chi connectivity index (χ4v) is 3.18. The summed E-state index contributed by atoms with van der Waals surface area (Å²) >= 11 is 0. The summed E-state index contributed by atoms with van der Waals surface area (Å²) in [6, 6.07) is 14.4. The molecule has 0 spiro atoms. The van der Waals surface area contributed by atoms with Crippen LogP contribution in [0.25, 0.3) is 0 Å². The van der Waals surface area contributed by atoms with Crippen LogP contribution in [0, 0.1) is 0 Å². The number of hydrogen-bond donors (Lipinski definition) is 0. The van der Waals surface area contributed by atoms with E-state index >= 15 is 0 Å². The van der Waals surface area contributed by atoms with Crippen molar-refractivity contribution in [2.75, 3.05) is 24.5 Å². The van der Waals surface area contributed by atoms with Crippen molar-refractivity contribution in [3.8, 4) is 5.75 Å². The first kappa shape index (κ1) is 14.1. The van der Waals surface area contributed by atoms with Gasteiger partial charge in [0.05, 0.1) is 12.6 Å². The van der Waals surface area contributed by atoms with Gasteiger partial charge in [0.25, 0.3) is 0 Å². The summed E-state index contributed by atoms with van der Waals surface area (Å²) in [6.07, 6.45) is 1.82. The van der Waals surface area contributed by atoms with Crippen LogP contribution in [0.3, 0.4) is 0 Å². The third kappa shape index (κ3) is 2.63. The molecule has 5 nitrogen and oxygen atoms in total. The first-order chi connectivity index (χ1) is 11.3. The Balaban J connectivity index is 1.60. The highest BCUT2D eigenvalue weighted by Crippen LogP contribution is 2.32. The van der Waals surface area contributed by atoms with Gasteiger partial charge in [-0.05, 0) is 24.6 Å². The van der Waals surface area contributed by atoms with Gasteiger partial charge in [0.2, 0.25) is 5.96 Å². The van der Waals surface area contributed by atoms with Crippen molar-refractivity contribution in [3.63, 3.8) is 0 Å². The summed E-state index contributed by atoms with van der Waals surface area (Å²) in [5.41, 5.74) is 1.15. The number of hydrogen-bond acceptors (Lipinski definition) is 5. The zero-order valence-electron chi connectivity index (χ0n) is 13.2. The van der Waals surface area contributed by atoms with Crippen LogP contribution < -0.4 is 9.64 Å². The Labute approximate surface area is 136 Å². The van der Waals surface area contributed by atoms with Crippen molar-refractivity contribution >= 4 is 11.8 Å². The summed E-state index contributed by atoms with van der Waals surface area (Å²) < 4.78 is 6.05. The van der Waals surface area contributed by atoms with Gasteiger partial charge in [-0.2, -0.15) is 0 Å². The van der Waals surface area contributed by atoms with Gasteiger partial charge in [-0.15, -0.1) is 0 Å². The zero-order valence-corrected chi connectivity index (χ0v) is 13.2. The van der Waals surface area contributed by atoms with Crippen LogP contribution >= 0.6 is 0 Å². The normalized spacial score (nSPS) is 19.7. The Morgan fingerprint density at radius 1 is 1.17 bits per heavy atom. The number of guanidine groups is 1. The summed E-state index contributed by atoms with van der Waals surface area (Å²) in [6.45, 7) is 5.61. The van der Waals surface area contributed by atoms with Gasteiger partial charge < -0.3 is 9.64 Å². The van der Waals surface area contributed by atoms with Crippen LogP contribution in [0.2, 0.25) is 0 Å². The number of benzene rings is 1. The third-order valence-corrected chi connectivity index (χ3v) is 4.26. The molecule has 1 atom stereocenters. The monoisotopic (exact) mass is 308 g/mol. The second-order valence-corrected chi connectivity index (χ2v) is 5.95. The lowest BCUT2D eigenvalue weighted by Gasteiger charge is -2.23. The Hall–Kier alpha value is -2.56. The van der Waals surface area contributed by atoms with Gasteiger partial charge in [0.1, 0.15) is 6.61 Å². The number of rotatable bonds is 4. The van der Waals surface area contributed by atoms with E-state index in [-0.39, 0.29) is 0 Å². The fourth-order valence-electron chi connectivity index (χ4n) is 3.18. The van der Waals surface area contributed by atoms with Gasteiger partial charge >= 0.3 is 0 Å². The van der Waals surface area contributed by atoms with Crippen LogP contribution in [-0.2, 0) is 6.61 Å². The molecule has 118 valence electrons. The second-order valence-electron chi connectivity index (χ2n) is 5.95. The Morgan fingerprint density at radius 3 is 2.91 bits per heavy atom. The first-order valence-electron chi connectivity index (χ1n) is 8.03. The molecule has 0 radical (unpaired) electrons. The molecule has 5 heteroatoms. The lowest BCUT2D eigenvalue weighted by atomic mass is 10.2. The molecule has 1 aromatic carbocycles. The average Bonchev–Trinajstić information content (AvgIpc) is 3.14. The van der Waals surface area contributed by atoms with Gasteiger partial charge in [0.15, 0.2) is 11.6 Å². The van der Waals surface area contributed by atoms with E-state index in [2.05, 4.69) is 38.8 Å². The topological polar surface area (TPSA) is 41.0 Å². The quantitative estimate of drug-likeness (QED) is 0.870. The molecule has 1 unspecified atom stereocenters. The van der Waals surface area contributed by atoms with E-state index in [1.54, 1.807) is 0 Å². The van der Waals surface area contributed by atoms with Gasteiger partial charge in [0, 0.05) is 19.3 Å². The van der Waals surface area contributed by atoms with Gasteiger partial charge in [-0.3, -0.25) is 9.89 Å². The number of nitrogens with zero attached hydrogens (tertiary/aromatic N) is 4. The third-order valence-electron chi connectivity index (χ3n) is 4.26. The number of pyridine rings is 1. The average molecular weight is 308 g/mol. The molecular formula is C18H20N4O. The predicted molar refractivity (Wildman–Crippen MR) is 90.8 cm³/mol. The van der Waals surface area contributed by atoms with Crippen molar-refractivity contribution in [1.29, 1.82) is 0 Å². The van der Waals surface area contributed by atoms with E-state index in [4.69, 9.17) is 4.74 Å². The van der Waals surface area contributed by atoms with Crippen LogP contribution in [0.5, 0.6) is 5.75 Å². The summed E-state index contributed by atoms with van der Waals surface area (Å²) in [4.78, 5) is 13.7. The largest absolute Gasteiger partial charge is 0.485 e. The molecule has 0 aliphatic carbocycles. The van der Waals surface area contributed by atoms with Gasteiger partial charge in [-0.1, -0.05) is 30.3 Å². The molecule has 2 aliphatic rings.